The number of rotatable bonds is 5. The van der Waals surface area contributed by atoms with Gasteiger partial charge in [0.2, 0.25) is 5.91 Å². The van der Waals surface area contributed by atoms with Crippen LogP contribution in [-0.2, 0) is 11.3 Å². The van der Waals surface area contributed by atoms with E-state index in [0.29, 0.717) is 13.1 Å². The molecular weight excluding hydrogens is 242 g/mol. The molecule has 19 heavy (non-hydrogen) atoms. The Kier molecular flexibility index (Phi) is 4.68. The van der Waals surface area contributed by atoms with Gasteiger partial charge in [0.05, 0.1) is 24.6 Å². The smallest absolute Gasteiger partial charge is 0.236 e. The summed E-state index contributed by atoms with van der Waals surface area (Å²) in [4.78, 5) is 24.4. The SMILES string of the molecule is CNc1cnc(CN(C)CC(=O)N2CCCC2)cn1. The Hall–Kier alpha value is -1.69. The van der Waals surface area contributed by atoms with E-state index >= 15 is 0 Å². The number of aromatic nitrogens is 2. The predicted octanol–water partition coefficient (Wildman–Crippen LogP) is 0.572. The molecule has 0 aromatic carbocycles. The molecule has 1 saturated heterocycles. The Morgan fingerprint density at radius 1 is 1.37 bits per heavy atom. The molecule has 0 unspecified atom stereocenters. The number of amides is 1. The standard InChI is InChI=1S/C13H21N5O/c1-14-12-8-15-11(7-16-12)9-17(2)10-13(19)18-5-3-4-6-18/h7-8H,3-6,9-10H2,1-2H3,(H,14,16). The van der Waals surface area contributed by atoms with Crippen LogP contribution >= 0.6 is 0 Å². The molecule has 1 aliphatic heterocycles. The average Bonchev–Trinajstić information content (AvgIpc) is 2.93. The number of likely N-dealkylation sites (N-methyl/N-ethyl adjacent to an activating group) is 1. The van der Waals surface area contributed by atoms with Gasteiger partial charge in [-0.25, -0.2) is 4.98 Å². The highest BCUT2D eigenvalue weighted by Gasteiger charge is 2.19. The van der Waals surface area contributed by atoms with Crippen molar-refractivity contribution in [1.82, 2.24) is 19.8 Å². The Balaban J connectivity index is 1.82. The zero-order valence-corrected chi connectivity index (χ0v) is 11.6. The Bertz CT molecular complexity index is 414. The van der Waals surface area contributed by atoms with Crippen molar-refractivity contribution in [2.24, 2.45) is 0 Å². The first-order valence-electron chi connectivity index (χ1n) is 6.64. The van der Waals surface area contributed by atoms with Crippen LogP contribution in [0, 0.1) is 0 Å². The van der Waals surface area contributed by atoms with Crippen molar-refractivity contribution in [2.45, 2.75) is 19.4 Å². The molecule has 1 aliphatic rings. The van der Waals surface area contributed by atoms with Crippen molar-refractivity contribution < 1.29 is 4.79 Å². The van der Waals surface area contributed by atoms with Crippen molar-refractivity contribution in [1.29, 1.82) is 0 Å². The van der Waals surface area contributed by atoms with Crippen molar-refractivity contribution >= 4 is 11.7 Å². The van der Waals surface area contributed by atoms with E-state index in [1.54, 1.807) is 12.4 Å². The summed E-state index contributed by atoms with van der Waals surface area (Å²) in [5, 5.41) is 2.93. The maximum absolute atomic E-state index is 12.0. The summed E-state index contributed by atoms with van der Waals surface area (Å²) in [6.45, 7) is 2.89. The first-order chi connectivity index (χ1) is 9.19. The molecule has 0 spiro atoms. The lowest BCUT2D eigenvalue weighted by Gasteiger charge is -2.20. The lowest BCUT2D eigenvalue weighted by atomic mass is 10.4. The summed E-state index contributed by atoms with van der Waals surface area (Å²) in [5.74, 6) is 0.958. The summed E-state index contributed by atoms with van der Waals surface area (Å²) in [6.07, 6.45) is 5.70. The van der Waals surface area contributed by atoms with Crippen LogP contribution in [-0.4, -0.2) is 59.4 Å². The van der Waals surface area contributed by atoms with Crippen LogP contribution < -0.4 is 5.32 Å². The van der Waals surface area contributed by atoms with Crippen LogP contribution in [0.5, 0.6) is 0 Å². The van der Waals surface area contributed by atoms with E-state index in [1.807, 2.05) is 23.9 Å². The van der Waals surface area contributed by atoms with Gasteiger partial charge >= 0.3 is 0 Å². The molecule has 6 heteroatoms. The average molecular weight is 263 g/mol. The van der Waals surface area contributed by atoms with Crippen molar-refractivity contribution in [3.8, 4) is 0 Å². The van der Waals surface area contributed by atoms with Crippen LogP contribution in [0.3, 0.4) is 0 Å². The number of nitrogens with one attached hydrogen (secondary N) is 1. The van der Waals surface area contributed by atoms with Gasteiger partial charge in [0.25, 0.3) is 0 Å². The molecule has 0 aliphatic carbocycles. The molecule has 0 saturated carbocycles. The fourth-order valence-corrected chi connectivity index (χ4v) is 2.20. The fourth-order valence-electron chi connectivity index (χ4n) is 2.20. The Labute approximate surface area is 113 Å². The van der Waals surface area contributed by atoms with E-state index in [0.717, 1.165) is 37.4 Å². The van der Waals surface area contributed by atoms with E-state index in [9.17, 15) is 4.79 Å². The number of carbonyl (C=O) groups excluding carboxylic acids is 1. The summed E-state index contributed by atoms with van der Waals surface area (Å²) >= 11 is 0. The minimum absolute atomic E-state index is 0.208. The van der Waals surface area contributed by atoms with Crippen LogP contribution in [0.15, 0.2) is 12.4 Å². The Morgan fingerprint density at radius 3 is 2.68 bits per heavy atom. The molecule has 1 aromatic heterocycles. The molecule has 1 aromatic rings. The van der Waals surface area contributed by atoms with Gasteiger partial charge in [0, 0.05) is 26.7 Å². The normalized spacial score (nSPS) is 15.0. The minimum atomic E-state index is 0.208. The summed E-state index contributed by atoms with van der Waals surface area (Å²) < 4.78 is 0. The summed E-state index contributed by atoms with van der Waals surface area (Å²) in [7, 11) is 3.74. The van der Waals surface area contributed by atoms with Crippen LogP contribution in [0.1, 0.15) is 18.5 Å². The highest BCUT2D eigenvalue weighted by atomic mass is 16.2. The molecule has 104 valence electrons. The molecular formula is C13H21N5O. The maximum atomic E-state index is 12.0. The summed E-state index contributed by atoms with van der Waals surface area (Å²) in [5.41, 5.74) is 0.871. The van der Waals surface area contributed by atoms with Crippen molar-refractivity contribution in [3.05, 3.63) is 18.1 Å². The van der Waals surface area contributed by atoms with Gasteiger partial charge in [-0.2, -0.15) is 0 Å². The Morgan fingerprint density at radius 2 is 2.11 bits per heavy atom. The topological polar surface area (TPSA) is 61.4 Å². The minimum Gasteiger partial charge on any atom is -0.372 e. The molecule has 1 fully saturated rings. The first kappa shape index (κ1) is 13.7. The monoisotopic (exact) mass is 263 g/mol. The zero-order valence-electron chi connectivity index (χ0n) is 11.6. The molecule has 0 radical (unpaired) electrons. The van der Waals surface area contributed by atoms with Crippen molar-refractivity contribution in [2.75, 3.05) is 39.0 Å². The fraction of sp³-hybridized carbons (Fsp3) is 0.615. The van der Waals surface area contributed by atoms with Gasteiger partial charge in [-0.3, -0.25) is 14.7 Å². The lowest BCUT2D eigenvalue weighted by Crippen LogP contribution is -2.37. The molecule has 1 N–H and O–H groups in total. The van der Waals surface area contributed by atoms with E-state index in [-0.39, 0.29) is 5.91 Å². The van der Waals surface area contributed by atoms with Gasteiger partial charge in [-0.05, 0) is 19.9 Å². The lowest BCUT2D eigenvalue weighted by molar-refractivity contribution is -0.131. The third kappa shape index (κ3) is 3.89. The van der Waals surface area contributed by atoms with E-state index in [2.05, 4.69) is 15.3 Å². The second-order valence-electron chi connectivity index (χ2n) is 4.90. The van der Waals surface area contributed by atoms with Gasteiger partial charge in [-0.1, -0.05) is 0 Å². The van der Waals surface area contributed by atoms with Gasteiger partial charge < -0.3 is 10.2 Å². The van der Waals surface area contributed by atoms with Crippen LogP contribution in [0.4, 0.5) is 5.82 Å². The number of likely N-dealkylation sites (tertiary alicyclic amines) is 1. The first-order valence-corrected chi connectivity index (χ1v) is 6.64. The number of carbonyl (C=O) groups is 1. The number of anilines is 1. The zero-order chi connectivity index (χ0) is 13.7. The van der Waals surface area contributed by atoms with E-state index in [4.69, 9.17) is 0 Å². The maximum Gasteiger partial charge on any atom is 0.236 e. The third-order valence-corrected chi connectivity index (χ3v) is 3.26. The number of hydrogen-bond donors (Lipinski definition) is 1. The highest BCUT2D eigenvalue weighted by Crippen LogP contribution is 2.08. The second kappa shape index (κ2) is 6.47. The van der Waals surface area contributed by atoms with Gasteiger partial charge in [0.15, 0.2) is 0 Å². The quantitative estimate of drug-likeness (QED) is 0.841. The van der Waals surface area contributed by atoms with Gasteiger partial charge in [-0.15, -0.1) is 0 Å². The molecule has 6 nitrogen and oxygen atoms in total. The predicted molar refractivity (Wildman–Crippen MR) is 73.7 cm³/mol. The third-order valence-electron chi connectivity index (χ3n) is 3.26. The highest BCUT2D eigenvalue weighted by molar-refractivity contribution is 5.78. The molecule has 1 amide bonds. The summed E-state index contributed by atoms with van der Waals surface area (Å²) in [6, 6.07) is 0. The number of hydrogen-bond acceptors (Lipinski definition) is 5. The van der Waals surface area contributed by atoms with Crippen LogP contribution in [0.25, 0.3) is 0 Å². The van der Waals surface area contributed by atoms with E-state index in [1.165, 1.54) is 0 Å². The molecule has 2 heterocycles. The number of nitrogens with zero attached hydrogens (tertiary/aromatic N) is 4. The van der Waals surface area contributed by atoms with E-state index < -0.39 is 0 Å². The van der Waals surface area contributed by atoms with Crippen molar-refractivity contribution in [3.63, 3.8) is 0 Å². The molecule has 2 rings (SSSR count). The van der Waals surface area contributed by atoms with Crippen LogP contribution in [0.2, 0.25) is 0 Å². The van der Waals surface area contributed by atoms with Gasteiger partial charge in [0.1, 0.15) is 5.82 Å². The largest absolute Gasteiger partial charge is 0.372 e. The molecule has 0 atom stereocenters. The second-order valence-corrected chi connectivity index (χ2v) is 4.90. The molecule has 0 bridgehead atoms.